The normalized spacial score (nSPS) is 28.6. The van der Waals surface area contributed by atoms with Gasteiger partial charge in [-0.1, -0.05) is 30.3 Å². The van der Waals surface area contributed by atoms with Crippen molar-refractivity contribution in [1.29, 1.82) is 0 Å². The van der Waals surface area contributed by atoms with Crippen molar-refractivity contribution in [3.63, 3.8) is 0 Å². The van der Waals surface area contributed by atoms with Gasteiger partial charge in [0, 0.05) is 5.41 Å². The summed E-state index contributed by atoms with van der Waals surface area (Å²) in [7, 11) is 1.64. The zero-order valence-electron chi connectivity index (χ0n) is 13.1. The molecule has 0 unspecified atom stereocenters. The number of phenols is 1. The number of oxime groups is 1. The molecule has 3 nitrogen and oxygen atoms in total. The number of benzene rings is 2. The number of rotatable bonds is 1. The van der Waals surface area contributed by atoms with Crippen molar-refractivity contribution in [2.45, 2.75) is 38.5 Å². The maximum absolute atomic E-state index is 9.69. The van der Waals surface area contributed by atoms with E-state index >= 15 is 0 Å². The fourth-order valence-corrected chi connectivity index (χ4v) is 4.55. The van der Waals surface area contributed by atoms with Gasteiger partial charge in [0.2, 0.25) is 0 Å². The summed E-state index contributed by atoms with van der Waals surface area (Å²) in [5.74, 6) is 0.867. The summed E-state index contributed by atoms with van der Waals surface area (Å²) < 4.78 is 0. The summed E-state index contributed by atoms with van der Waals surface area (Å²) in [6.07, 6.45) is 4.36. The molecule has 4 rings (SSSR count). The van der Waals surface area contributed by atoms with Crippen LogP contribution in [0.4, 0.5) is 0 Å². The molecule has 3 heteroatoms. The highest BCUT2D eigenvalue weighted by molar-refractivity contribution is 5.95. The van der Waals surface area contributed by atoms with Gasteiger partial charge in [-0.2, -0.15) is 0 Å². The van der Waals surface area contributed by atoms with Crippen LogP contribution in [0.1, 0.15) is 43.2 Å². The monoisotopic (exact) mass is 295 g/mol. The predicted octanol–water partition coefficient (Wildman–Crippen LogP) is 4.38. The molecule has 2 aromatic rings. The minimum Gasteiger partial charge on any atom is -0.508 e. The molecule has 2 aliphatic rings. The van der Waals surface area contributed by atoms with Gasteiger partial charge in [-0.15, -0.1) is 0 Å². The van der Waals surface area contributed by atoms with E-state index in [0.29, 0.717) is 11.7 Å². The molecule has 114 valence electrons. The molecule has 1 N–H and O–H groups in total. The fraction of sp³-hybridized carbons (Fsp3) is 0.421. The smallest absolute Gasteiger partial charge is 0.116 e. The van der Waals surface area contributed by atoms with Gasteiger partial charge in [0.15, 0.2) is 0 Å². The number of aryl methyl sites for hydroxylation is 1. The SMILES string of the molecule is CO/N=C1/CC[C@H]2c3ccc4cc(O)ccc4c3CC[C@]12C. The minimum atomic E-state index is 0.133. The van der Waals surface area contributed by atoms with E-state index < -0.39 is 0 Å². The van der Waals surface area contributed by atoms with Gasteiger partial charge in [0.25, 0.3) is 0 Å². The second-order valence-corrected chi connectivity index (χ2v) is 6.77. The van der Waals surface area contributed by atoms with Gasteiger partial charge < -0.3 is 9.94 Å². The van der Waals surface area contributed by atoms with Gasteiger partial charge in [0.1, 0.15) is 12.9 Å². The number of nitrogens with zero attached hydrogens (tertiary/aromatic N) is 1. The second-order valence-electron chi connectivity index (χ2n) is 6.77. The predicted molar refractivity (Wildman–Crippen MR) is 88.5 cm³/mol. The van der Waals surface area contributed by atoms with Crippen LogP contribution in [0.15, 0.2) is 35.5 Å². The molecule has 2 atom stereocenters. The van der Waals surface area contributed by atoms with Crippen molar-refractivity contribution in [3.8, 4) is 5.75 Å². The van der Waals surface area contributed by atoms with Crippen molar-refractivity contribution in [1.82, 2.24) is 0 Å². The van der Waals surface area contributed by atoms with Crippen molar-refractivity contribution in [2.24, 2.45) is 10.6 Å². The fourth-order valence-electron chi connectivity index (χ4n) is 4.55. The Bertz CT molecular complexity index is 780. The maximum atomic E-state index is 9.69. The van der Waals surface area contributed by atoms with Gasteiger partial charge in [-0.05, 0) is 65.6 Å². The molecule has 0 radical (unpaired) electrons. The van der Waals surface area contributed by atoms with Gasteiger partial charge in [-0.25, -0.2) is 0 Å². The average Bonchev–Trinajstić information content (AvgIpc) is 2.84. The average molecular weight is 295 g/mol. The lowest BCUT2D eigenvalue weighted by molar-refractivity contribution is 0.205. The Morgan fingerprint density at radius 1 is 1.23 bits per heavy atom. The van der Waals surface area contributed by atoms with E-state index in [0.717, 1.165) is 31.1 Å². The summed E-state index contributed by atoms with van der Waals surface area (Å²) in [6, 6.07) is 10.1. The first-order valence-corrected chi connectivity index (χ1v) is 7.98. The van der Waals surface area contributed by atoms with Crippen LogP contribution in [0.5, 0.6) is 5.75 Å². The van der Waals surface area contributed by atoms with E-state index in [1.54, 1.807) is 13.2 Å². The molecule has 0 aromatic heterocycles. The molecule has 0 heterocycles. The summed E-state index contributed by atoms with van der Waals surface area (Å²) in [6.45, 7) is 2.34. The topological polar surface area (TPSA) is 41.8 Å². The number of fused-ring (bicyclic) bond motifs is 5. The molecule has 1 fully saturated rings. The number of aromatic hydroxyl groups is 1. The first-order chi connectivity index (χ1) is 10.6. The Labute approximate surface area is 130 Å². The Morgan fingerprint density at radius 2 is 2.09 bits per heavy atom. The van der Waals surface area contributed by atoms with Crippen molar-refractivity contribution in [3.05, 3.63) is 41.5 Å². The molecular formula is C19H21NO2. The van der Waals surface area contributed by atoms with Crippen LogP contribution in [-0.2, 0) is 11.3 Å². The molecule has 0 saturated heterocycles. The molecule has 0 spiro atoms. The first kappa shape index (κ1) is 13.6. The third-order valence-electron chi connectivity index (χ3n) is 5.72. The van der Waals surface area contributed by atoms with Crippen LogP contribution in [0.2, 0.25) is 0 Å². The minimum absolute atomic E-state index is 0.133. The summed E-state index contributed by atoms with van der Waals surface area (Å²) in [4.78, 5) is 5.07. The largest absolute Gasteiger partial charge is 0.508 e. The van der Waals surface area contributed by atoms with Crippen LogP contribution < -0.4 is 0 Å². The Kier molecular flexibility index (Phi) is 2.93. The van der Waals surface area contributed by atoms with Gasteiger partial charge in [-0.3, -0.25) is 0 Å². The standard InChI is InChI=1S/C19H21NO2/c1-19-10-9-15-14-6-4-13(21)11-12(14)3-5-16(15)17(19)7-8-18(19)20-22-2/h3-6,11,17,21H,7-10H2,1-2H3/b20-18-/t17-,19-/m0/s1. The second kappa shape index (κ2) is 4.73. The van der Waals surface area contributed by atoms with E-state index in [2.05, 4.69) is 30.3 Å². The molecule has 0 bridgehead atoms. The third-order valence-corrected chi connectivity index (χ3v) is 5.72. The Balaban J connectivity index is 1.87. The van der Waals surface area contributed by atoms with E-state index in [9.17, 15) is 5.11 Å². The maximum Gasteiger partial charge on any atom is 0.116 e. The van der Waals surface area contributed by atoms with Crippen LogP contribution in [0.25, 0.3) is 10.8 Å². The lowest BCUT2D eigenvalue weighted by atomic mass is 9.65. The molecule has 0 amide bonds. The van der Waals surface area contributed by atoms with E-state index in [4.69, 9.17) is 4.84 Å². The number of phenolic OH excluding ortho intramolecular Hbond substituents is 1. The summed E-state index contributed by atoms with van der Waals surface area (Å²) >= 11 is 0. The first-order valence-electron chi connectivity index (χ1n) is 7.98. The van der Waals surface area contributed by atoms with E-state index in [-0.39, 0.29) is 5.41 Å². The quantitative estimate of drug-likeness (QED) is 0.793. The van der Waals surface area contributed by atoms with Crippen LogP contribution in [-0.4, -0.2) is 17.9 Å². The van der Waals surface area contributed by atoms with Crippen molar-refractivity contribution >= 4 is 16.5 Å². The van der Waals surface area contributed by atoms with E-state index in [1.807, 2.05) is 6.07 Å². The molecule has 1 saturated carbocycles. The van der Waals surface area contributed by atoms with Gasteiger partial charge in [0.05, 0.1) is 5.71 Å². The Morgan fingerprint density at radius 3 is 2.91 bits per heavy atom. The summed E-state index contributed by atoms with van der Waals surface area (Å²) in [5, 5.41) is 16.4. The number of hydrogen-bond acceptors (Lipinski definition) is 3. The molecule has 0 aliphatic heterocycles. The molecular weight excluding hydrogens is 274 g/mol. The highest BCUT2D eigenvalue weighted by atomic mass is 16.6. The Hall–Kier alpha value is -2.03. The number of hydrogen-bond donors (Lipinski definition) is 1. The van der Waals surface area contributed by atoms with Gasteiger partial charge >= 0.3 is 0 Å². The molecule has 22 heavy (non-hydrogen) atoms. The highest BCUT2D eigenvalue weighted by Gasteiger charge is 2.48. The van der Waals surface area contributed by atoms with Crippen LogP contribution in [0.3, 0.4) is 0 Å². The zero-order valence-corrected chi connectivity index (χ0v) is 13.1. The summed E-state index contributed by atoms with van der Waals surface area (Å²) in [5.41, 5.74) is 4.27. The van der Waals surface area contributed by atoms with Crippen LogP contribution in [0, 0.1) is 5.41 Å². The van der Waals surface area contributed by atoms with E-state index in [1.165, 1.54) is 22.2 Å². The van der Waals surface area contributed by atoms with Crippen LogP contribution >= 0.6 is 0 Å². The molecule has 2 aliphatic carbocycles. The van der Waals surface area contributed by atoms with Crippen molar-refractivity contribution < 1.29 is 9.94 Å². The molecule has 2 aromatic carbocycles. The highest BCUT2D eigenvalue weighted by Crippen LogP contribution is 2.55. The van der Waals surface area contributed by atoms with Crippen molar-refractivity contribution in [2.75, 3.05) is 7.11 Å². The third kappa shape index (κ3) is 1.78. The lowest BCUT2D eigenvalue weighted by Crippen LogP contribution is -2.32. The zero-order chi connectivity index (χ0) is 15.3. The lowest BCUT2D eigenvalue weighted by Gasteiger charge is -2.38.